The zero-order valence-electron chi connectivity index (χ0n) is 19.3. The van der Waals surface area contributed by atoms with E-state index in [0.29, 0.717) is 0 Å². The van der Waals surface area contributed by atoms with Gasteiger partial charge in [0.15, 0.2) is 0 Å². The number of hydrogen-bond acceptors (Lipinski definition) is 4. The highest BCUT2D eigenvalue weighted by Crippen LogP contribution is 2.24. The lowest BCUT2D eigenvalue weighted by molar-refractivity contribution is -0.142. The van der Waals surface area contributed by atoms with E-state index in [9.17, 15) is 14.4 Å². The van der Waals surface area contributed by atoms with Crippen molar-refractivity contribution in [3.63, 3.8) is 0 Å². The number of ether oxygens (including phenoxy) is 1. The van der Waals surface area contributed by atoms with E-state index in [1.807, 2.05) is 51.1 Å². The average Bonchev–Trinajstić information content (AvgIpc) is 2.63. The summed E-state index contributed by atoms with van der Waals surface area (Å²) in [4.78, 5) is 39.7. The first-order chi connectivity index (χ1) is 14.0. The largest absolute Gasteiger partial charge is 0.444 e. The minimum absolute atomic E-state index is 0.00212. The van der Waals surface area contributed by atoms with E-state index in [1.54, 1.807) is 20.8 Å². The number of alkyl carbamates (subject to hydrolysis) is 1. The van der Waals surface area contributed by atoms with E-state index < -0.39 is 17.7 Å². The minimum atomic E-state index is -0.793. The molecule has 2 N–H and O–H groups in total. The van der Waals surface area contributed by atoms with Crippen molar-refractivity contribution in [2.24, 2.45) is 0 Å². The molecule has 0 saturated heterocycles. The highest BCUT2D eigenvalue weighted by molar-refractivity contribution is 5.90. The normalized spacial score (nSPS) is 13.3. The molecule has 3 amide bonds. The molecule has 30 heavy (non-hydrogen) atoms. The Hall–Kier alpha value is -2.57. The van der Waals surface area contributed by atoms with Crippen LogP contribution in [0.4, 0.5) is 4.79 Å². The van der Waals surface area contributed by atoms with Crippen molar-refractivity contribution < 1.29 is 19.1 Å². The van der Waals surface area contributed by atoms with Gasteiger partial charge in [0.1, 0.15) is 18.2 Å². The van der Waals surface area contributed by atoms with E-state index in [-0.39, 0.29) is 30.4 Å². The van der Waals surface area contributed by atoms with Crippen molar-refractivity contribution in [2.45, 2.75) is 85.0 Å². The van der Waals surface area contributed by atoms with Crippen molar-refractivity contribution in [2.75, 3.05) is 6.54 Å². The van der Waals surface area contributed by atoms with Gasteiger partial charge in [0.25, 0.3) is 0 Å². The summed E-state index contributed by atoms with van der Waals surface area (Å²) < 4.78 is 5.20. The quantitative estimate of drug-likeness (QED) is 0.637. The molecular formula is C23H37N3O4. The second-order valence-corrected chi connectivity index (χ2v) is 8.76. The first-order valence-electron chi connectivity index (χ1n) is 10.6. The predicted molar refractivity (Wildman–Crippen MR) is 118 cm³/mol. The third kappa shape index (κ3) is 8.43. The van der Waals surface area contributed by atoms with Gasteiger partial charge in [0.2, 0.25) is 11.8 Å². The first-order valence-corrected chi connectivity index (χ1v) is 10.6. The molecule has 0 aliphatic heterocycles. The van der Waals surface area contributed by atoms with Crippen LogP contribution in [0.3, 0.4) is 0 Å². The van der Waals surface area contributed by atoms with E-state index in [0.717, 1.165) is 18.4 Å². The van der Waals surface area contributed by atoms with E-state index >= 15 is 0 Å². The summed E-state index contributed by atoms with van der Waals surface area (Å²) in [5, 5.41) is 5.52. The summed E-state index contributed by atoms with van der Waals surface area (Å²) in [5.41, 5.74) is 0.0604. The van der Waals surface area contributed by atoms with E-state index in [1.165, 1.54) is 4.90 Å². The molecule has 168 valence electrons. The van der Waals surface area contributed by atoms with Gasteiger partial charge in [0, 0.05) is 12.1 Å². The van der Waals surface area contributed by atoms with E-state index in [2.05, 4.69) is 17.6 Å². The zero-order valence-corrected chi connectivity index (χ0v) is 19.3. The molecule has 1 aromatic carbocycles. The topological polar surface area (TPSA) is 87.7 Å². The fraction of sp³-hybridized carbons (Fsp3) is 0.609. The molecule has 0 saturated carbocycles. The number of amides is 3. The number of benzene rings is 1. The molecule has 0 bridgehead atoms. The average molecular weight is 420 g/mol. The second kappa shape index (κ2) is 11.6. The number of hydrogen-bond donors (Lipinski definition) is 2. The molecule has 7 heteroatoms. The molecule has 0 heterocycles. The molecule has 0 aromatic heterocycles. The van der Waals surface area contributed by atoms with Crippen molar-refractivity contribution in [1.82, 2.24) is 15.5 Å². The summed E-state index contributed by atoms with van der Waals surface area (Å²) in [6.45, 7) is 12.7. The second-order valence-electron chi connectivity index (χ2n) is 8.76. The van der Waals surface area contributed by atoms with Crippen LogP contribution in [0.5, 0.6) is 0 Å². The molecule has 0 aliphatic rings. The van der Waals surface area contributed by atoms with Crippen molar-refractivity contribution in [3.05, 3.63) is 35.9 Å². The Bertz CT molecular complexity index is 698. The summed E-state index contributed by atoms with van der Waals surface area (Å²) >= 11 is 0. The number of nitrogens with one attached hydrogen (secondary N) is 2. The molecule has 7 nitrogen and oxygen atoms in total. The molecule has 0 radical (unpaired) electrons. The Labute approximate surface area is 180 Å². The van der Waals surface area contributed by atoms with Crippen LogP contribution in [-0.4, -0.2) is 47.0 Å². The number of rotatable bonds is 9. The van der Waals surface area contributed by atoms with Crippen LogP contribution in [-0.2, 0) is 14.3 Å². The van der Waals surface area contributed by atoms with Gasteiger partial charge < -0.3 is 20.3 Å². The third-order valence-electron chi connectivity index (χ3n) is 4.38. The minimum Gasteiger partial charge on any atom is -0.444 e. The standard InChI is InChI=1S/C23H37N3O4/c1-8-12-17(4)25-21(28)20(18-13-10-9-11-14-18)26(16(2)3)19(27)15-24-22(29)30-23(5,6)7/h9-11,13-14,16-17,20H,8,12,15H2,1-7H3,(H,24,29)(H,25,28). The van der Waals surface area contributed by atoms with Crippen molar-refractivity contribution >= 4 is 17.9 Å². The Morgan fingerprint density at radius 2 is 1.67 bits per heavy atom. The molecule has 2 unspecified atom stereocenters. The fourth-order valence-electron chi connectivity index (χ4n) is 3.18. The first kappa shape index (κ1) is 25.5. The van der Waals surface area contributed by atoms with Crippen LogP contribution in [0.15, 0.2) is 30.3 Å². The Balaban J connectivity index is 3.08. The predicted octanol–water partition coefficient (Wildman–Crippen LogP) is 3.79. The Kier molecular flexibility index (Phi) is 9.82. The van der Waals surface area contributed by atoms with Crippen LogP contribution in [0.2, 0.25) is 0 Å². The SMILES string of the molecule is CCCC(C)NC(=O)C(c1ccccc1)N(C(=O)CNC(=O)OC(C)(C)C)C(C)C. The van der Waals surface area contributed by atoms with E-state index in [4.69, 9.17) is 4.74 Å². The van der Waals surface area contributed by atoms with Gasteiger partial charge >= 0.3 is 6.09 Å². The number of nitrogens with zero attached hydrogens (tertiary/aromatic N) is 1. The third-order valence-corrected chi connectivity index (χ3v) is 4.38. The van der Waals surface area contributed by atoms with Gasteiger partial charge in [-0.3, -0.25) is 9.59 Å². The molecule has 0 spiro atoms. The van der Waals surface area contributed by atoms with Gasteiger partial charge in [-0.2, -0.15) is 0 Å². The molecule has 0 fully saturated rings. The van der Waals surface area contributed by atoms with Gasteiger partial charge in [-0.15, -0.1) is 0 Å². The van der Waals surface area contributed by atoms with Crippen LogP contribution < -0.4 is 10.6 Å². The van der Waals surface area contributed by atoms with Crippen LogP contribution in [0.1, 0.15) is 72.9 Å². The summed E-state index contributed by atoms with van der Waals surface area (Å²) in [6, 6.07) is 8.16. The lowest BCUT2D eigenvalue weighted by Crippen LogP contribution is -2.51. The monoisotopic (exact) mass is 419 g/mol. The van der Waals surface area contributed by atoms with Gasteiger partial charge in [-0.25, -0.2) is 4.79 Å². The van der Waals surface area contributed by atoms with Crippen LogP contribution >= 0.6 is 0 Å². The maximum Gasteiger partial charge on any atom is 0.408 e. The Morgan fingerprint density at radius 3 is 2.17 bits per heavy atom. The number of carbonyl (C=O) groups excluding carboxylic acids is 3. The lowest BCUT2D eigenvalue weighted by Gasteiger charge is -2.35. The summed E-state index contributed by atoms with van der Waals surface area (Å²) in [5.74, 6) is -0.593. The van der Waals surface area contributed by atoms with Crippen LogP contribution in [0, 0.1) is 0 Å². The summed E-state index contributed by atoms with van der Waals surface area (Å²) in [7, 11) is 0. The molecule has 1 rings (SSSR count). The van der Waals surface area contributed by atoms with Gasteiger partial charge in [0.05, 0.1) is 0 Å². The molecule has 2 atom stereocenters. The fourth-order valence-corrected chi connectivity index (χ4v) is 3.18. The smallest absolute Gasteiger partial charge is 0.408 e. The summed E-state index contributed by atoms with van der Waals surface area (Å²) in [6.07, 6.45) is 1.13. The molecular weight excluding hydrogens is 382 g/mol. The van der Waals surface area contributed by atoms with Crippen molar-refractivity contribution in [3.8, 4) is 0 Å². The maximum absolute atomic E-state index is 13.2. The van der Waals surface area contributed by atoms with Crippen molar-refractivity contribution in [1.29, 1.82) is 0 Å². The zero-order chi connectivity index (χ0) is 22.9. The molecule has 1 aromatic rings. The van der Waals surface area contributed by atoms with Crippen LogP contribution in [0.25, 0.3) is 0 Å². The highest BCUT2D eigenvalue weighted by Gasteiger charge is 2.33. The maximum atomic E-state index is 13.2. The van der Waals surface area contributed by atoms with Gasteiger partial charge in [-0.05, 0) is 53.5 Å². The lowest BCUT2D eigenvalue weighted by atomic mass is 10.0. The highest BCUT2D eigenvalue weighted by atomic mass is 16.6. The Morgan fingerprint density at radius 1 is 1.07 bits per heavy atom. The number of carbonyl (C=O) groups is 3. The molecule has 0 aliphatic carbocycles. The van der Waals surface area contributed by atoms with Gasteiger partial charge in [-0.1, -0.05) is 43.7 Å².